The quantitative estimate of drug-likeness (QED) is 0.259. The van der Waals surface area contributed by atoms with Crippen molar-refractivity contribution >= 4 is 0 Å². The maximum Gasteiger partial charge on any atom is 0.165 e. The molecule has 168 valence electrons. The number of allylic oxidation sites excluding steroid dienone is 2. The second kappa shape index (κ2) is 12.5. The molecular formula is C28H43FO. The number of ether oxygens (including phenoxy) is 1. The van der Waals surface area contributed by atoms with Gasteiger partial charge in [0.25, 0.3) is 0 Å². The van der Waals surface area contributed by atoms with Crippen LogP contribution < -0.4 is 4.74 Å². The van der Waals surface area contributed by atoms with E-state index in [1.807, 2.05) is 6.07 Å². The summed E-state index contributed by atoms with van der Waals surface area (Å²) >= 11 is 0. The lowest BCUT2D eigenvalue weighted by Crippen LogP contribution is -2.23. The predicted molar refractivity (Wildman–Crippen MR) is 126 cm³/mol. The average Bonchev–Trinajstić information content (AvgIpc) is 2.78. The van der Waals surface area contributed by atoms with Gasteiger partial charge in [0.15, 0.2) is 11.6 Å². The highest BCUT2D eigenvalue weighted by molar-refractivity contribution is 5.32. The van der Waals surface area contributed by atoms with Gasteiger partial charge in [0.05, 0.1) is 6.61 Å². The second-order valence-corrected chi connectivity index (χ2v) is 9.81. The van der Waals surface area contributed by atoms with Crippen LogP contribution in [0.2, 0.25) is 0 Å². The molecule has 2 aliphatic carbocycles. The standard InChI is InChI=1S/C28H43FO/c1-3-5-7-10-22-13-15-24(16-14-22)26(20-23-11-8-6-9-12-23)25-17-18-28(27(29)21-25)30-19-4-2/h6,8,17-18,21-24,26H,3-5,7,9-16,19-20H2,1-2H3. The summed E-state index contributed by atoms with van der Waals surface area (Å²) < 4.78 is 20.4. The van der Waals surface area contributed by atoms with Gasteiger partial charge in [-0.25, -0.2) is 4.39 Å². The Morgan fingerprint density at radius 2 is 1.80 bits per heavy atom. The van der Waals surface area contributed by atoms with Crippen molar-refractivity contribution in [1.82, 2.24) is 0 Å². The van der Waals surface area contributed by atoms with Crippen molar-refractivity contribution in [2.75, 3.05) is 6.61 Å². The summed E-state index contributed by atoms with van der Waals surface area (Å²) in [4.78, 5) is 0. The molecule has 0 spiro atoms. The Morgan fingerprint density at radius 1 is 0.967 bits per heavy atom. The van der Waals surface area contributed by atoms with Crippen molar-refractivity contribution < 1.29 is 9.13 Å². The van der Waals surface area contributed by atoms with E-state index in [-0.39, 0.29) is 5.82 Å². The Balaban J connectivity index is 1.68. The fraction of sp³-hybridized carbons (Fsp3) is 0.714. The summed E-state index contributed by atoms with van der Waals surface area (Å²) in [5.41, 5.74) is 1.21. The molecule has 2 aliphatic rings. The normalized spacial score (nSPS) is 25.2. The van der Waals surface area contributed by atoms with E-state index in [9.17, 15) is 4.39 Å². The average molecular weight is 415 g/mol. The lowest BCUT2D eigenvalue weighted by molar-refractivity contribution is 0.209. The van der Waals surface area contributed by atoms with Crippen molar-refractivity contribution in [3.63, 3.8) is 0 Å². The number of unbranched alkanes of at least 4 members (excludes halogenated alkanes) is 2. The van der Waals surface area contributed by atoms with Crippen molar-refractivity contribution in [1.29, 1.82) is 0 Å². The van der Waals surface area contributed by atoms with Crippen LogP contribution in [0.4, 0.5) is 4.39 Å². The Hall–Kier alpha value is -1.31. The molecule has 0 bridgehead atoms. The Morgan fingerprint density at radius 3 is 2.47 bits per heavy atom. The Labute approximate surface area is 184 Å². The molecule has 1 aromatic rings. The van der Waals surface area contributed by atoms with Crippen LogP contribution in [0.1, 0.15) is 109 Å². The molecule has 0 saturated heterocycles. The van der Waals surface area contributed by atoms with Gasteiger partial charge in [0, 0.05) is 0 Å². The molecular weight excluding hydrogens is 371 g/mol. The highest BCUT2D eigenvalue weighted by Gasteiger charge is 2.31. The molecule has 0 heterocycles. The zero-order chi connectivity index (χ0) is 21.2. The van der Waals surface area contributed by atoms with E-state index in [1.54, 1.807) is 6.07 Å². The van der Waals surface area contributed by atoms with E-state index in [2.05, 4.69) is 32.1 Å². The fourth-order valence-corrected chi connectivity index (χ4v) is 5.67. The maximum atomic E-state index is 14.8. The number of rotatable bonds is 11. The summed E-state index contributed by atoms with van der Waals surface area (Å²) in [6.07, 6.45) is 21.4. The minimum absolute atomic E-state index is 0.178. The Kier molecular flexibility index (Phi) is 9.75. The fourth-order valence-electron chi connectivity index (χ4n) is 5.67. The SMILES string of the molecule is CCCCCC1CCC(C(CC2CC=CCC2)c2ccc(OCCC)c(F)c2)CC1. The van der Waals surface area contributed by atoms with Gasteiger partial charge in [-0.1, -0.05) is 70.6 Å². The second-order valence-electron chi connectivity index (χ2n) is 9.81. The summed E-state index contributed by atoms with van der Waals surface area (Å²) in [5.74, 6) is 3.12. The maximum absolute atomic E-state index is 14.8. The largest absolute Gasteiger partial charge is 0.491 e. The van der Waals surface area contributed by atoms with Crippen molar-refractivity contribution in [2.45, 2.75) is 103 Å². The van der Waals surface area contributed by atoms with Gasteiger partial charge in [0.2, 0.25) is 0 Å². The predicted octanol–water partition coefficient (Wildman–Crippen LogP) is 8.83. The summed E-state index contributed by atoms with van der Waals surface area (Å²) in [6, 6.07) is 5.83. The van der Waals surface area contributed by atoms with Gasteiger partial charge in [0.1, 0.15) is 0 Å². The minimum Gasteiger partial charge on any atom is -0.491 e. The zero-order valence-electron chi connectivity index (χ0n) is 19.4. The van der Waals surface area contributed by atoms with Crippen LogP contribution in [0.15, 0.2) is 30.4 Å². The van der Waals surface area contributed by atoms with Crippen molar-refractivity contribution in [2.24, 2.45) is 17.8 Å². The molecule has 0 N–H and O–H groups in total. The van der Waals surface area contributed by atoms with Crippen LogP contribution in [-0.4, -0.2) is 6.61 Å². The zero-order valence-corrected chi connectivity index (χ0v) is 19.4. The first-order valence-corrected chi connectivity index (χ1v) is 12.8. The number of hydrogen-bond acceptors (Lipinski definition) is 1. The van der Waals surface area contributed by atoms with Gasteiger partial charge in [-0.15, -0.1) is 0 Å². The van der Waals surface area contributed by atoms with Gasteiger partial charge >= 0.3 is 0 Å². The summed E-state index contributed by atoms with van der Waals surface area (Å²) in [5, 5.41) is 0. The molecule has 0 aromatic heterocycles. The van der Waals surface area contributed by atoms with E-state index in [1.165, 1.54) is 82.6 Å². The van der Waals surface area contributed by atoms with Crippen LogP contribution in [0.25, 0.3) is 0 Å². The molecule has 1 nitrogen and oxygen atoms in total. The van der Waals surface area contributed by atoms with Crippen molar-refractivity contribution in [3.8, 4) is 5.75 Å². The summed E-state index contributed by atoms with van der Waals surface area (Å²) in [7, 11) is 0. The Bertz CT molecular complexity index is 644. The first-order chi connectivity index (χ1) is 14.7. The van der Waals surface area contributed by atoms with E-state index in [4.69, 9.17) is 4.74 Å². The molecule has 1 aromatic carbocycles. The highest BCUT2D eigenvalue weighted by Crippen LogP contribution is 2.44. The van der Waals surface area contributed by atoms with Crippen LogP contribution in [0.3, 0.4) is 0 Å². The van der Waals surface area contributed by atoms with Gasteiger partial charge in [-0.3, -0.25) is 0 Å². The highest BCUT2D eigenvalue weighted by atomic mass is 19.1. The minimum atomic E-state index is -0.178. The molecule has 0 radical (unpaired) electrons. The monoisotopic (exact) mass is 414 g/mol. The van der Waals surface area contributed by atoms with Crippen LogP contribution in [0.5, 0.6) is 5.75 Å². The van der Waals surface area contributed by atoms with Gasteiger partial charge < -0.3 is 4.74 Å². The van der Waals surface area contributed by atoms with Crippen LogP contribution in [-0.2, 0) is 0 Å². The van der Waals surface area contributed by atoms with Crippen molar-refractivity contribution in [3.05, 3.63) is 41.7 Å². The third-order valence-corrected chi connectivity index (χ3v) is 7.49. The molecule has 3 rings (SSSR count). The number of hydrogen-bond donors (Lipinski definition) is 0. The number of benzene rings is 1. The molecule has 2 atom stereocenters. The van der Waals surface area contributed by atoms with E-state index >= 15 is 0 Å². The molecule has 2 heteroatoms. The topological polar surface area (TPSA) is 9.23 Å². The molecule has 1 fully saturated rings. The lowest BCUT2D eigenvalue weighted by atomic mass is 9.69. The van der Waals surface area contributed by atoms with E-state index in [0.29, 0.717) is 24.2 Å². The first-order valence-electron chi connectivity index (χ1n) is 12.8. The van der Waals surface area contributed by atoms with Gasteiger partial charge in [-0.05, 0) is 86.3 Å². The molecule has 0 amide bonds. The molecule has 1 saturated carbocycles. The summed E-state index contributed by atoms with van der Waals surface area (Å²) in [6.45, 7) is 4.93. The smallest absolute Gasteiger partial charge is 0.165 e. The third kappa shape index (κ3) is 6.86. The van der Waals surface area contributed by atoms with Crippen LogP contribution in [0, 0.1) is 23.6 Å². The third-order valence-electron chi connectivity index (χ3n) is 7.49. The van der Waals surface area contributed by atoms with E-state index in [0.717, 1.165) is 18.3 Å². The first kappa shape index (κ1) is 23.4. The number of halogens is 1. The van der Waals surface area contributed by atoms with Crippen LogP contribution >= 0.6 is 0 Å². The molecule has 30 heavy (non-hydrogen) atoms. The van der Waals surface area contributed by atoms with Gasteiger partial charge in [-0.2, -0.15) is 0 Å². The molecule has 2 unspecified atom stereocenters. The molecule has 0 aliphatic heterocycles. The van der Waals surface area contributed by atoms with E-state index < -0.39 is 0 Å². The lowest BCUT2D eigenvalue weighted by Gasteiger charge is -2.36.